The molecule has 5 aromatic rings. The SMILES string of the molecule is Cc1cc(C)c2nc(N3C(=O)C(=O)/C(=C(/O)c4ccc5c(c4)C[C@@H](C)O5)[C@@H]3c3cccc(Oc4ccccc4)c3)sc2c1. The Kier molecular flexibility index (Phi) is 6.51. The summed E-state index contributed by atoms with van der Waals surface area (Å²) in [5.74, 6) is 0.193. The van der Waals surface area contributed by atoms with E-state index in [0.717, 1.165) is 32.7 Å². The van der Waals surface area contributed by atoms with Crippen molar-refractivity contribution in [3.05, 3.63) is 118 Å². The summed E-state index contributed by atoms with van der Waals surface area (Å²) in [5, 5.41) is 12.1. The molecule has 1 aromatic heterocycles. The zero-order chi connectivity index (χ0) is 29.8. The van der Waals surface area contributed by atoms with Gasteiger partial charge in [-0.15, -0.1) is 0 Å². The number of carbonyl (C=O) groups excluding carboxylic acids is 2. The van der Waals surface area contributed by atoms with Gasteiger partial charge in [0.2, 0.25) is 0 Å². The molecule has 8 heteroatoms. The molecule has 2 aliphatic rings. The van der Waals surface area contributed by atoms with Crippen LogP contribution in [0.15, 0.2) is 90.5 Å². The summed E-state index contributed by atoms with van der Waals surface area (Å²) in [4.78, 5) is 33.9. The lowest BCUT2D eigenvalue weighted by atomic mass is 9.94. The Morgan fingerprint density at radius 3 is 2.58 bits per heavy atom. The van der Waals surface area contributed by atoms with Gasteiger partial charge in [-0.1, -0.05) is 47.7 Å². The smallest absolute Gasteiger partial charge is 0.301 e. The van der Waals surface area contributed by atoms with E-state index in [1.165, 1.54) is 16.2 Å². The molecule has 1 N–H and O–H groups in total. The van der Waals surface area contributed by atoms with Gasteiger partial charge in [-0.2, -0.15) is 0 Å². The highest BCUT2D eigenvalue weighted by molar-refractivity contribution is 7.22. The number of hydrogen-bond acceptors (Lipinski definition) is 7. The van der Waals surface area contributed by atoms with E-state index in [9.17, 15) is 14.7 Å². The highest BCUT2D eigenvalue weighted by Crippen LogP contribution is 2.46. The van der Waals surface area contributed by atoms with Crippen LogP contribution in [0, 0.1) is 13.8 Å². The number of thiazole rings is 1. The largest absolute Gasteiger partial charge is 0.507 e. The van der Waals surface area contributed by atoms with Crippen LogP contribution in [-0.2, 0) is 16.0 Å². The Morgan fingerprint density at radius 1 is 0.977 bits per heavy atom. The molecular formula is C35H28N2O5S. The molecule has 3 heterocycles. The third kappa shape index (κ3) is 4.73. The molecule has 43 heavy (non-hydrogen) atoms. The minimum Gasteiger partial charge on any atom is -0.507 e. The van der Waals surface area contributed by atoms with Gasteiger partial charge >= 0.3 is 5.91 Å². The molecule has 7 rings (SSSR count). The Bertz CT molecular complexity index is 1960. The summed E-state index contributed by atoms with van der Waals surface area (Å²) in [6, 6.07) is 25.1. The maximum atomic E-state index is 13.8. The number of para-hydroxylation sites is 1. The first-order valence-corrected chi connectivity index (χ1v) is 14.9. The van der Waals surface area contributed by atoms with Crippen LogP contribution in [0.25, 0.3) is 16.0 Å². The minimum atomic E-state index is -0.926. The second-order valence-electron chi connectivity index (χ2n) is 11.0. The molecule has 0 bridgehead atoms. The van der Waals surface area contributed by atoms with Crippen molar-refractivity contribution >= 4 is 44.1 Å². The van der Waals surface area contributed by atoms with Crippen LogP contribution < -0.4 is 14.4 Å². The van der Waals surface area contributed by atoms with Crippen molar-refractivity contribution in [3.8, 4) is 17.2 Å². The number of aliphatic hydroxyl groups is 1. The highest BCUT2D eigenvalue weighted by atomic mass is 32.1. The Hall–Kier alpha value is -4.95. The number of ether oxygens (including phenoxy) is 2. The second-order valence-corrected chi connectivity index (χ2v) is 12.0. The number of aryl methyl sites for hydroxylation is 2. The number of aliphatic hydroxyl groups excluding tert-OH is 1. The quantitative estimate of drug-likeness (QED) is 0.129. The lowest BCUT2D eigenvalue weighted by Crippen LogP contribution is -2.29. The van der Waals surface area contributed by atoms with Crippen molar-refractivity contribution in [2.75, 3.05) is 4.90 Å². The van der Waals surface area contributed by atoms with Crippen LogP contribution in [0.3, 0.4) is 0 Å². The fourth-order valence-corrected chi connectivity index (χ4v) is 7.07. The predicted octanol–water partition coefficient (Wildman–Crippen LogP) is 7.66. The molecule has 1 fully saturated rings. The van der Waals surface area contributed by atoms with E-state index >= 15 is 0 Å². The average molecular weight is 589 g/mol. The zero-order valence-corrected chi connectivity index (χ0v) is 24.6. The number of anilines is 1. The zero-order valence-electron chi connectivity index (χ0n) is 23.8. The van der Waals surface area contributed by atoms with Crippen molar-refractivity contribution in [1.82, 2.24) is 4.98 Å². The first-order chi connectivity index (χ1) is 20.8. The minimum absolute atomic E-state index is 0.000864. The summed E-state index contributed by atoms with van der Waals surface area (Å²) in [7, 11) is 0. The van der Waals surface area contributed by atoms with Crippen LogP contribution in [0.1, 0.15) is 40.8 Å². The summed E-state index contributed by atoms with van der Waals surface area (Å²) in [6.07, 6.45) is 0.717. The Balaban J connectivity index is 1.39. The number of hydrogen-bond donors (Lipinski definition) is 1. The van der Waals surface area contributed by atoms with Crippen LogP contribution in [-0.4, -0.2) is 27.9 Å². The van der Waals surface area contributed by atoms with Gasteiger partial charge in [0.25, 0.3) is 5.78 Å². The fraction of sp³-hybridized carbons (Fsp3) is 0.171. The summed E-state index contributed by atoms with van der Waals surface area (Å²) in [6.45, 7) is 5.97. The first-order valence-electron chi connectivity index (χ1n) is 14.1. The number of fused-ring (bicyclic) bond motifs is 2. The lowest BCUT2D eigenvalue weighted by molar-refractivity contribution is -0.132. The number of nitrogens with zero attached hydrogens (tertiary/aromatic N) is 2. The molecule has 0 saturated carbocycles. The topological polar surface area (TPSA) is 89.0 Å². The predicted molar refractivity (Wildman–Crippen MR) is 167 cm³/mol. The summed E-state index contributed by atoms with van der Waals surface area (Å²) < 4.78 is 12.8. The van der Waals surface area contributed by atoms with Gasteiger partial charge < -0.3 is 14.6 Å². The number of Topliss-reactive ketones (excluding diaryl/α,β-unsaturated/α-hetero) is 1. The third-order valence-electron chi connectivity index (χ3n) is 7.79. The number of aromatic nitrogens is 1. The fourth-order valence-electron chi connectivity index (χ4n) is 5.90. The van der Waals surface area contributed by atoms with E-state index in [1.807, 2.05) is 87.5 Å². The molecule has 7 nitrogen and oxygen atoms in total. The molecule has 0 aliphatic carbocycles. The van der Waals surface area contributed by atoms with Crippen molar-refractivity contribution in [3.63, 3.8) is 0 Å². The third-order valence-corrected chi connectivity index (χ3v) is 8.79. The van der Waals surface area contributed by atoms with Crippen molar-refractivity contribution in [2.24, 2.45) is 0 Å². The molecule has 2 aliphatic heterocycles. The number of ketones is 1. The molecule has 4 aromatic carbocycles. The van der Waals surface area contributed by atoms with Crippen molar-refractivity contribution in [2.45, 2.75) is 39.3 Å². The van der Waals surface area contributed by atoms with Gasteiger partial charge in [-0.3, -0.25) is 14.5 Å². The van der Waals surface area contributed by atoms with Gasteiger partial charge in [-0.25, -0.2) is 4.98 Å². The van der Waals surface area contributed by atoms with Crippen LogP contribution in [0.5, 0.6) is 17.2 Å². The van der Waals surface area contributed by atoms with E-state index in [0.29, 0.717) is 34.2 Å². The Labute approximate surface area is 252 Å². The number of amides is 1. The van der Waals surface area contributed by atoms with Crippen LogP contribution in [0.2, 0.25) is 0 Å². The van der Waals surface area contributed by atoms with Crippen molar-refractivity contribution < 1.29 is 24.2 Å². The molecule has 1 amide bonds. The number of benzene rings is 4. The van der Waals surface area contributed by atoms with E-state index in [4.69, 9.17) is 14.5 Å². The lowest BCUT2D eigenvalue weighted by Gasteiger charge is -2.23. The highest BCUT2D eigenvalue weighted by Gasteiger charge is 2.48. The Morgan fingerprint density at radius 2 is 1.77 bits per heavy atom. The molecule has 214 valence electrons. The second kappa shape index (κ2) is 10.4. The van der Waals surface area contributed by atoms with Crippen molar-refractivity contribution in [1.29, 1.82) is 0 Å². The molecule has 0 unspecified atom stereocenters. The number of carbonyl (C=O) groups is 2. The normalized spacial score (nSPS) is 19.1. The first kappa shape index (κ1) is 26.9. The van der Waals surface area contributed by atoms with Gasteiger partial charge in [0.1, 0.15) is 29.1 Å². The maximum absolute atomic E-state index is 13.8. The standard InChI is InChI=1S/C35H28N2O5S/c1-19-14-20(2)30-28(15-19)43-35(36-30)37-31(22-8-7-11-26(18-22)42-25-9-5-4-6-10-25)29(33(39)34(37)40)32(38)23-12-13-27-24(17-23)16-21(3)41-27/h4-15,17-18,21,31,38H,16H2,1-3H3/b32-29+/t21-,31+/m1/s1. The summed E-state index contributed by atoms with van der Waals surface area (Å²) >= 11 is 1.35. The van der Waals surface area contributed by atoms with Crippen LogP contribution in [0.4, 0.5) is 5.13 Å². The molecule has 1 saturated heterocycles. The van der Waals surface area contributed by atoms with E-state index in [2.05, 4.69) is 0 Å². The van der Waals surface area contributed by atoms with Crippen LogP contribution >= 0.6 is 11.3 Å². The molecule has 2 atom stereocenters. The molecular weight excluding hydrogens is 560 g/mol. The van der Waals surface area contributed by atoms with E-state index in [-0.39, 0.29) is 17.4 Å². The van der Waals surface area contributed by atoms with Gasteiger partial charge in [0.05, 0.1) is 21.8 Å². The van der Waals surface area contributed by atoms with Gasteiger partial charge in [0, 0.05) is 12.0 Å². The summed E-state index contributed by atoms with van der Waals surface area (Å²) in [5.41, 5.74) is 4.85. The van der Waals surface area contributed by atoms with Gasteiger partial charge in [0.15, 0.2) is 5.13 Å². The number of rotatable bonds is 5. The molecule has 0 radical (unpaired) electrons. The maximum Gasteiger partial charge on any atom is 0.301 e. The monoisotopic (exact) mass is 588 g/mol. The average Bonchev–Trinajstić information content (AvgIpc) is 3.66. The van der Waals surface area contributed by atoms with Gasteiger partial charge in [-0.05, 0) is 91.6 Å². The molecule has 0 spiro atoms. The van der Waals surface area contributed by atoms with E-state index < -0.39 is 17.7 Å². The van der Waals surface area contributed by atoms with E-state index in [1.54, 1.807) is 18.2 Å².